The molecule has 5 nitrogen and oxygen atoms in total. The van der Waals surface area contributed by atoms with E-state index < -0.39 is 18.0 Å². The number of nitrogens with zero attached hydrogens (tertiary/aromatic N) is 1. The van der Waals surface area contributed by atoms with E-state index in [9.17, 15) is 24.2 Å². The fourth-order valence-electron chi connectivity index (χ4n) is 3.94. The Bertz CT molecular complexity index is 893. The van der Waals surface area contributed by atoms with Crippen LogP contribution in [0.1, 0.15) is 49.7 Å². The first-order valence-corrected chi connectivity index (χ1v) is 10.6. The fraction of sp³-hybridized carbons (Fsp3) is 0.455. The van der Waals surface area contributed by atoms with Gasteiger partial charge in [0.25, 0.3) is 0 Å². The van der Waals surface area contributed by atoms with Gasteiger partial charge >= 0.3 is 5.97 Å². The van der Waals surface area contributed by atoms with E-state index in [4.69, 9.17) is 0 Å². The zero-order chi connectivity index (χ0) is 21.3. The molecule has 1 aliphatic rings. The summed E-state index contributed by atoms with van der Waals surface area (Å²) in [6, 6.07) is 7.22. The number of aliphatic hydroxyl groups is 1. The van der Waals surface area contributed by atoms with Gasteiger partial charge in [-0.1, -0.05) is 19.1 Å². The lowest BCUT2D eigenvalue weighted by Crippen LogP contribution is -2.46. The Morgan fingerprint density at radius 3 is 2.41 bits per heavy atom. The van der Waals surface area contributed by atoms with Crippen molar-refractivity contribution in [2.45, 2.75) is 52.2 Å². The van der Waals surface area contributed by atoms with E-state index in [0.29, 0.717) is 34.9 Å². The van der Waals surface area contributed by atoms with Crippen LogP contribution in [0.25, 0.3) is 10.4 Å². The van der Waals surface area contributed by atoms with E-state index >= 15 is 0 Å². The number of carboxylic acid groups (broad SMARTS) is 1. The molecule has 29 heavy (non-hydrogen) atoms. The molecule has 7 heteroatoms. The van der Waals surface area contributed by atoms with E-state index in [1.54, 1.807) is 18.2 Å². The Kier molecular flexibility index (Phi) is 6.39. The number of hydrogen-bond donors (Lipinski definition) is 2. The second kappa shape index (κ2) is 8.63. The first-order valence-electron chi connectivity index (χ1n) is 9.83. The number of aliphatic hydroxyl groups excluding tert-OH is 1. The summed E-state index contributed by atoms with van der Waals surface area (Å²) in [4.78, 5) is 27.5. The van der Waals surface area contributed by atoms with Gasteiger partial charge in [0, 0.05) is 10.9 Å². The zero-order valence-electron chi connectivity index (χ0n) is 16.8. The van der Waals surface area contributed by atoms with Gasteiger partial charge in [-0.15, -0.1) is 11.3 Å². The third-order valence-corrected chi connectivity index (χ3v) is 6.61. The van der Waals surface area contributed by atoms with E-state index in [2.05, 4.69) is 6.92 Å². The van der Waals surface area contributed by atoms with Crippen LogP contribution in [0.4, 0.5) is 10.1 Å². The number of carboxylic acids is 1. The van der Waals surface area contributed by atoms with Crippen LogP contribution >= 0.6 is 11.3 Å². The van der Waals surface area contributed by atoms with Crippen LogP contribution in [0.15, 0.2) is 30.3 Å². The van der Waals surface area contributed by atoms with Crippen LogP contribution in [-0.4, -0.2) is 34.2 Å². The maximum atomic E-state index is 13.4. The predicted molar refractivity (Wildman–Crippen MR) is 112 cm³/mol. The lowest BCUT2D eigenvalue weighted by Gasteiger charge is -2.36. The zero-order valence-corrected chi connectivity index (χ0v) is 17.6. The molecule has 3 atom stereocenters. The van der Waals surface area contributed by atoms with Crippen LogP contribution in [0.5, 0.6) is 0 Å². The lowest BCUT2D eigenvalue weighted by atomic mass is 9.80. The second-order valence-electron chi connectivity index (χ2n) is 8.03. The Morgan fingerprint density at radius 1 is 1.21 bits per heavy atom. The summed E-state index contributed by atoms with van der Waals surface area (Å²) in [5.74, 6) is -1.91. The predicted octanol–water partition coefficient (Wildman–Crippen LogP) is 4.79. The molecule has 0 unspecified atom stereocenters. The highest BCUT2D eigenvalue weighted by molar-refractivity contribution is 7.18. The molecule has 2 N–H and O–H groups in total. The maximum absolute atomic E-state index is 13.4. The molecule has 0 bridgehead atoms. The third kappa shape index (κ3) is 4.51. The van der Waals surface area contributed by atoms with Crippen molar-refractivity contribution in [1.29, 1.82) is 0 Å². The topological polar surface area (TPSA) is 77.8 Å². The minimum Gasteiger partial charge on any atom is -0.477 e. The highest BCUT2D eigenvalue weighted by Crippen LogP contribution is 2.40. The van der Waals surface area contributed by atoms with E-state index in [-0.39, 0.29) is 22.6 Å². The van der Waals surface area contributed by atoms with Crippen LogP contribution in [0, 0.1) is 17.7 Å². The number of halogens is 1. The molecule has 156 valence electrons. The molecule has 0 spiro atoms. The number of benzene rings is 1. The Labute approximate surface area is 173 Å². The Morgan fingerprint density at radius 2 is 1.86 bits per heavy atom. The molecule has 1 amide bonds. The minimum absolute atomic E-state index is 0.0602. The van der Waals surface area contributed by atoms with Crippen molar-refractivity contribution in [2.75, 3.05) is 4.90 Å². The van der Waals surface area contributed by atoms with Crippen LogP contribution in [0.2, 0.25) is 0 Å². The molecule has 1 aliphatic carbocycles. The van der Waals surface area contributed by atoms with E-state index in [0.717, 1.165) is 17.8 Å². The van der Waals surface area contributed by atoms with Gasteiger partial charge in [0.1, 0.15) is 10.7 Å². The van der Waals surface area contributed by atoms with Gasteiger partial charge < -0.3 is 15.1 Å². The fourth-order valence-corrected chi connectivity index (χ4v) is 4.93. The van der Waals surface area contributed by atoms with Crippen LogP contribution < -0.4 is 4.90 Å². The van der Waals surface area contributed by atoms with Gasteiger partial charge in [-0.25, -0.2) is 9.18 Å². The van der Waals surface area contributed by atoms with Gasteiger partial charge in [0.05, 0.1) is 17.7 Å². The molecule has 2 aromatic rings. The monoisotopic (exact) mass is 419 g/mol. The molecule has 1 saturated carbocycles. The molecule has 0 radical (unpaired) electrons. The largest absolute Gasteiger partial charge is 0.477 e. The number of anilines is 1. The maximum Gasteiger partial charge on any atom is 0.348 e. The van der Waals surface area contributed by atoms with Gasteiger partial charge in [-0.2, -0.15) is 0 Å². The van der Waals surface area contributed by atoms with Gasteiger partial charge in [-0.05, 0) is 62.8 Å². The number of thiophene rings is 1. The first-order chi connectivity index (χ1) is 13.7. The van der Waals surface area contributed by atoms with Gasteiger partial charge in [0.2, 0.25) is 5.91 Å². The molecular formula is C22H26FNO4S. The summed E-state index contributed by atoms with van der Waals surface area (Å²) >= 11 is 1.06. The van der Waals surface area contributed by atoms with Crippen molar-refractivity contribution in [1.82, 2.24) is 0 Å². The summed E-state index contributed by atoms with van der Waals surface area (Å²) in [5.41, 5.74) is 1.01. The minimum atomic E-state index is -1.12. The van der Waals surface area contributed by atoms with Crippen LogP contribution in [0.3, 0.4) is 0 Å². The van der Waals surface area contributed by atoms with Crippen LogP contribution in [-0.2, 0) is 4.79 Å². The second-order valence-corrected chi connectivity index (χ2v) is 9.08. The number of carbonyl (C=O) groups is 2. The van der Waals surface area contributed by atoms with Crippen molar-refractivity contribution in [3.05, 3.63) is 41.0 Å². The summed E-state index contributed by atoms with van der Waals surface area (Å²) in [6.07, 6.45) is 1.28. The molecule has 0 aliphatic heterocycles. The lowest BCUT2D eigenvalue weighted by molar-refractivity contribution is -0.128. The smallest absolute Gasteiger partial charge is 0.348 e. The first kappa shape index (κ1) is 21.5. The molecule has 0 saturated heterocycles. The SMILES string of the molecule is CC(C)N(C(=O)[C@H]1CC[C@H](C)C[C@H]1O)c1cc(-c2ccc(F)cc2)sc1C(=O)O. The highest BCUT2D eigenvalue weighted by atomic mass is 32.1. The average molecular weight is 420 g/mol. The van der Waals surface area contributed by atoms with Crippen molar-refractivity contribution in [2.24, 2.45) is 11.8 Å². The number of carbonyl (C=O) groups excluding carboxylic acids is 1. The number of hydrogen-bond acceptors (Lipinski definition) is 4. The third-order valence-electron chi connectivity index (χ3n) is 5.44. The number of aromatic carboxylic acids is 1. The quantitative estimate of drug-likeness (QED) is 0.730. The summed E-state index contributed by atoms with van der Waals surface area (Å²) in [6.45, 7) is 5.72. The number of rotatable bonds is 5. The van der Waals surface area contributed by atoms with Crippen molar-refractivity contribution < 1.29 is 24.2 Å². The molecule has 1 aromatic carbocycles. The molecule has 1 aromatic heterocycles. The van der Waals surface area contributed by atoms with E-state index in [1.165, 1.54) is 17.0 Å². The highest BCUT2D eigenvalue weighted by Gasteiger charge is 2.38. The van der Waals surface area contributed by atoms with Crippen molar-refractivity contribution in [3.8, 4) is 10.4 Å². The molecule has 1 fully saturated rings. The number of amides is 1. The summed E-state index contributed by atoms with van der Waals surface area (Å²) < 4.78 is 13.3. The standard InChI is InChI=1S/C22H26FNO4S/c1-12(2)24(21(26)16-9-4-13(3)10-18(16)25)17-11-19(29-20(17)22(27)28)14-5-7-15(23)8-6-14/h5-8,11-13,16,18,25H,4,9-10H2,1-3H3,(H,27,28)/t13-,16-,18+/m0/s1. The summed E-state index contributed by atoms with van der Waals surface area (Å²) in [7, 11) is 0. The van der Waals surface area contributed by atoms with Gasteiger partial charge in [-0.3, -0.25) is 4.79 Å². The molecular weight excluding hydrogens is 393 g/mol. The Balaban J connectivity index is 2.01. The van der Waals surface area contributed by atoms with Gasteiger partial charge in [0.15, 0.2) is 0 Å². The Hall–Kier alpha value is -2.25. The molecule has 3 rings (SSSR count). The normalized spacial score (nSPS) is 21.9. The average Bonchev–Trinajstić information content (AvgIpc) is 3.07. The van der Waals surface area contributed by atoms with E-state index in [1.807, 2.05) is 13.8 Å². The van der Waals surface area contributed by atoms with Crippen molar-refractivity contribution >= 4 is 28.9 Å². The van der Waals surface area contributed by atoms with Crippen molar-refractivity contribution in [3.63, 3.8) is 0 Å². The molecule has 1 heterocycles. The summed E-state index contributed by atoms with van der Waals surface area (Å²) in [5, 5.41) is 20.2.